The summed E-state index contributed by atoms with van der Waals surface area (Å²) in [6.45, 7) is 1.74. The predicted molar refractivity (Wildman–Crippen MR) is 128 cm³/mol. The monoisotopic (exact) mass is 499 g/mol. The van der Waals surface area contributed by atoms with Crippen LogP contribution in [0.1, 0.15) is 33.2 Å². The van der Waals surface area contributed by atoms with Gasteiger partial charge in [-0.25, -0.2) is 13.2 Å². The molecule has 0 fully saturated rings. The van der Waals surface area contributed by atoms with Crippen molar-refractivity contribution in [1.29, 1.82) is 0 Å². The van der Waals surface area contributed by atoms with Crippen LogP contribution in [0.2, 0.25) is 5.02 Å². The minimum Gasteiger partial charge on any atom is -0.496 e. The Kier molecular flexibility index (Phi) is 6.63. The molecule has 0 aliphatic carbocycles. The highest BCUT2D eigenvalue weighted by molar-refractivity contribution is 7.92. The number of hydrogen-bond acceptors (Lipinski definition) is 6. The van der Waals surface area contributed by atoms with Crippen molar-refractivity contribution in [3.05, 3.63) is 88.4 Å². The van der Waals surface area contributed by atoms with E-state index in [2.05, 4.69) is 0 Å². The van der Waals surface area contributed by atoms with E-state index in [1.807, 2.05) is 12.1 Å². The third-order valence-electron chi connectivity index (χ3n) is 5.59. The lowest BCUT2D eigenvalue weighted by atomic mass is 10.1. The summed E-state index contributed by atoms with van der Waals surface area (Å²) in [5.41, 5.74) is 1.75. The normalized spacial score (nSPS) is 13.8. The van der Waals surface area contributed by atoms with E-state index in [0.717, 1.165) is 5.56 Å². The number of ketones is 1. The Balaban J connectivity index is 1.61. The molecule has 176 valence electrons. The third kappa shape index (κ3) is 4.51. The highest BCUT2D eigenvalue weighted by Crippen LogP contribution is 2.34. The van der Waals surface area contributed by atoms with Gasteiger partial charge in [0, 0.05) is 17.1 Å². The Labute approximate surface area is 202 Å². The first-order valence-corrected chi connectivity index (χ1v) is 12.3. The quantitative estimate of drug-likeness (QED) is 0.350. The van der Waals surface area contributed by atoms with Crippen LogP contribution in [-0.4, -0.2) is 39.9 Å². The highest BCUT2D eigenvalue weighted by atomic mass is 35.5. The van der Waals surface area contributed by atoms with E-state index in [-0.39, 0.29) is 16.2 Å². The molecule has 4 rings (SSSR count). The second-order valence-electron chi connectivity index (χ2n) is 7.74. The number of benzene rings is 3. The Morgan fingerprint density at radius 3 is 2.53 bits per heavy atom. The molecule has 0 spiro atoms. The molecular weight excluding hydrogens is 478 g/mol. The molecule has 3 aromatic rings. The number of halogens is 1. The number of carbonyl (C=O) groups is 2. The van der Waals surface area contributed by atoms with Crippen molar-refractivity contribution in [2.75, 3.05) is 18.0 Å². The summed E-state index contributed by atoms with van der Waals surface area (Å²) in [7, 11) is -2.58. The third-order valence-corrected chi connectivity index (χ3v) is 7.63. The molecule has 1 aliphatic heterocycles. The second-order valence-corrected chi connectivity index (χ2v) is 10.0. The van der Waals surface area contributed by atoms with Gasteiger partial charge in [-0.1, -0.05) is 41.9 Å². The molecule has 0 saturated heterocycles. The number of fused-ring (bicyclic) bond motifs is 1. The average molecular weight is 500 g/mol. The fourth-order valence-corrected chi connectivity index (χ4v) is 5.57. The molecule has 0 N–H and O–H groups in total. The summed E-state index contributed by atoms with van der Waals surface area (Å²) in [6.07, 6.45) is -0.523. The number of methoxy groups -OCH3 is 1. The molecule has 1 heterocycles. The molecule has 7 nitrogen and oxygen atoms in total. The van der Waals surface area contributed by atoms with Gasteiger partial charge in [-0.3, -0.25) is 9.10 Å². The van der Waals surface area contributed by atoms with E-state index in [0.29, 0.717) is 29.2 Å². The van der Waals surface area contributed by atoms with E-state index < -0.39 is 27.9 Å². The molecule has 0 saturated carbocycles. The van der Waals surface area contributed by atoms with Crippen LogP contribution >= 0.6 is 11.6 Å². The lowest BCUT2D eigenvalue weighted by Gasteiger charge is -2.20. The molecule has 9 heteroatoms. The molecule has 0 bridgehead atoms. The van der Waals surface area contributed by atoms with Gasteiger partial charge >= 0.3 is 5.97 Å². The number of para-hydroxylation sites is 1. The molecule has 3 aromatic carbocycles. The highest BCUT2D eigenvalue weighted by Gasteiger charge is 2.32. The zero-order valence-electron chi connectivity index (χ0n) is 18.5. The summed E-state index contributed by atoms with van der Waals surface area (Å²) in [5.74, 6) is -1.18. The average Bonchev–Trinajstić information content (AvgIpc) is 3.28. The van der Waals surface area contributed by atoms with Crippen molar-refractivity contribution in [3.8, 4) is 5.75 Å². The lowest BCUT2D eigenvalue weighted by Crippen LogP contribution is -2.29. The van der Waals surface area contributed by atoms with Crippen LogP contribution in [0, 0.1) is 0 Å². The van der Waals surface area contributed by atoms with Crippen LogP contribution in [0.25, 0.3) is 0 Å². The number of carbonyl (C=O) groups excluding carboxylic acids is 2. The van der Waals surface area contributed by atoms with Crippen molar-refractivity contribution in [3.63, 3.8) is 0 Å². The summed E-state index contributed by atoms with van der Waals surface area (Å²) in [5, 5.41) is 0.382. The number of ether oxygens (including phenoxy) is 2. The van der Waals surface area contributed by atoms with Gasteiger partial charge in [-0.15, -0.1) is 0 Å². The van der Waals surface area contributed by atoms with Crippen LogP contribution in [-0.2, 0) is 21.2 Å². The SMILES string of the molecule is COc1ccc(S(=O)(=O)N2CCc3ccccc32)cc1C(=O)OC(C)C(=O)c1cccc(Cl)c1. The largest absolute Gasteiger partial charge is 0.496 e. The van der Waals surface area contributed by atoms with Crippen molar-refractivity contribution >= 4 is 39.1 Å². The summed E-state index contributed by atoms with van der Waals surface area (Å²) < 4.78 is 38.7. The molecule has 0 aromatic heterocycles. The Morgan fingerprint density at radius 1 is 1.03 bits per heavy atom. The van der Waals surface area contributed by atoms with Gasteiger partial charge in [0.2, 0.25) is 5.78 Å². The summed E-state index contributed by atoms with van der Waals surface area (Å²) in [4.78, 5) is 25.5. The van der Waals surface area contributed by atoms with Gasteiger partial charge in [0.25, 0.3) is 10.0 Å². The number of nitrogens with zero attached hydrogens (tertiary/aromatic N) is 1. The van der Waals surface area contributed by atoms with Gasteiger partial charge in [-0.2, -0.15) is 0 Å². The smallest absolute Gasteiger partial charge is 0.342 e. The first-order chi connectivity index (χ1) is 16.2. The number of Topliss-reactive ketones (excluding diaryl/α,β-unsaturated/α-hetero) is 1. The fourth-order valence-electron chi connectivity index (χ4n) is 3.85. The van der Waals surface area contributed by atoms with Crippen molar-refractivity contribution in [2.45, 2.75) is 24.3 Å². The van der Waals surface area contributed by atoms with Crippen molar-refractivity contribution in [1.82, 2.24) is 0 Å². The van der Waals surface area contributed by atoms with Gasteiger partial charge in [0.05, 0.1) is 17.7 Å². The van der Waals surface area contributed by atoms with E-state index in [9.17, 15) is 18.0 Å². The summed E-state index contributed by atoms with van der Waals surface area (Å²) in [6, 6.07) is 17.6. The van der Waals surface area contributed by atoms with Crippen LogP contribution in [0.3, 0.4) is 0 Å². The number of hydrogen-bond donors (Lipinski definition) is 0. The molecule has 1 aliphatic rings. The number of esters is 1. The van der Waals surface area contributed by atoms with E-state index in [4.69, 9.17) is 21.1 Å². The van der Waals surface area contributed by atoms with E-state index >= 15 is 0 Å². The molecule has 1 atom stereocenters. The van der Waals surface area contributed by atoms with E-state index in [1.54, 1.807) is 30.3 Å². The minimum atomic E-state index is -3.94. The first-order valence-electron chi connectivity index (χ1n) is 10.5. The van der Waals surface area contributed by atoms with Gasteiger partial charge in [0.15, 0.2) is 6.10 Å². The topological polar surface area (TPSA) is 90.0 Å². The van der Waals surface area contributed by atoms with Crippen LogP contribution in [0.15, 0.2) is 71.6 Å². The number of rotatable bonds is 7. The van der Waals surface area contributed by atoms with Gasteiger partial charge in [0.1, 0.15) is 11.3 Å². The molecule has 1 unspecified atom stereocenters. The lowest BCUT2D eigenvalue weighted by molar-refractivity contribution is 0.0315. The van der Waals surface area contributed by atoms with E-state index in [1.165, 1.54) is 42.6 Å². The Hall–Kier alpha value is -3.36. The molecular formula is C25H22ClNO6S. The Bertz CT molecular complexity index is 1370. The van der Waals surface area contributed by atoms with Gasteiger partial charge < -0.3 is 9.47 Å². The molecule has 0 amide bonds. The zero-order valence-corrected chi connectivity index (χ0v) is 20.1. The molecule has 34 heavy (non-hydrogen) atoms. The Morgan fingerprint density at radius 2 is 1.79 bits per heavy atom. The maximum absolute atomic E-state index is 13.4. The second kappa shape index (κ2) is 9.48. The standard InChI is InChI=1S/C25H22ClNO6S/c1-16(24(28)18-7-5-8-19(26)14-18)33-25(29)21-15-20(10-11-23(21)32-2)34(30,31)27-13-12-17-6-3-4-9-22(17)27/h3-11,14-16H,12-13H2,1-2H3. The van der Waals surface area contributed by atoms with Gasteiger partial charge in [-0.05, 0) is 55.3 Å². The first kappa shape index (κ1) is 23.8. The maximum Gasteiger partial charge on any atom is 0.342 e. The number of anilines is 1. The van der Waals surface area contributed by atoms with Crippen molar-refractivity contribution in [2.24, 2.45) is 0 Å². The predicted octanol–water partition coefficient (Wildman–Crippen LogP) is 4.53. The fraction of sp³-hybridized carbons (Fsp3) is 0.200. The van der Waals surface area contributed by atoms with Crippen LogP contribution in [0.4, 0.5) is 5.69 Å². The number of sulfonamides is 1. The van der Waals surface area contributed by atoms with Crippen molar-refractivity contribution < 1.29 is 27.5 Å². The minimum absolute atomic E-state index is 0.0780. The summed E-state index contributed by atoms with van der Waals surface area (Å²) >= 11 is 5.94. The molecule has 0 radical (unpaired) electrons. The maximum atomic E-state index is 13.4. The zero-order chi connectivity index (χ0) is 24.5. The van der Waals surface area contributed by atoms with Crippen LogP contribution < -0.4 is 9.04 Å². The van der Waals surface area contributed by atoms with Crippen LogP contribution in [0.5, 0.6) is 5.75 Å².